The highest BCUT2D eigenvalue weighted by molar-refractivity contribution is 5.78. The van der Waals surface area contributed by atoms with E-state index in [1.807, 2.05) is 0 Å². The van der Waals surface area contributed by atoms with Crippen molar-refractivity contribution in [2.45, 2.75) is 31.7 Å². The van der Waals surface area contributed by atoms with E-state index >= 15 is 0 Å². The molecule has 0 spiro atoms. The van der Waals surface area contributed by atoms with Crippen LogP contribution in [-0.4, -0.2) is 42.9 Å². The van der Waals surface area contributed by atoms with Crippen molar-refractivity contribution < 1.29 is 18.0 Å². The molecule has 1 heterocycles. The number of carbonyl (C=O) groups is 1. The molecule has 1 aromatic carbocycles. The van der Waals surface area contributed by atoms with Gasteiger partial charge in [-0.2, -0.15) is 0 Å². The van der Waals surface area contributed by atoms with E-state index in [0.29, 0.717) is 31.5 Å². The quantitative estimate of drug-likeness (QED) is 0.904. The summed E-state index contributed by atoms with van der Waals surface area (Å²) in [5, 5.41) is 2.89. The minimum absolute atomic E-state index is 0.0139. The summed E-state index contributed by atoms with van der Waals surface area (Å²) in [4.78, 5) is 13.6. The summed E-state index contributed by atoms with van der Waals surface area (Å²) in [7, 11) is 0. The van der Waals surface area contributed by atoms with Crippen LogP contribution in [0.5, 0.6) is 0 Å². The van der Waals surface area contributed by atoms with Gasteiger partial charge in [-0.15, -0.1) is 0 Å². The summed E-state index contributed by atoms with van der Waals surface area (Å²) in [6.07, 6.45) is -0.845. The summed E-state index contributed by atoms with van der Waals surface area (Å²) < 4.78 is 37.5. The third kappa shape index (κ3) is 5.38. The highest BCUT2D eigenvalue weighted by Crippen LogP contribution is 2.12. The molecule has 1 amide bonds. The second-order valence-electron chi connectivity index (χ2n) is 5.34. The molecule has 0 radical (unpaired) electrons. The van der Waals surface area contributed by atoms with E-state index in [2.05, 4.69) is 5.32 Å². The molecule has 1 saturated heterocycles. The normalized spacial score (nSPS) is 17.1. The van der Waals surface area contributed by atoms with E-state index in [-0.39, 0.29) is 30.7 Å². The maximum atomic E-state index is 13.0. The number of nitrogens with one attached hydrogen (secondary N) is 1. The maximum Gasteiger partial charge on any atom is 0.251 e. The molecule has 0 aromatic heterocycles. The van der Waals surface area contributed by atoms with Crippen molar-refractivity contribution in [2.75, 3.05) is 19.6 Å². The molecule has 0 unspecified atom stereocenters. The first-order valence-electron chi connectivity index (χ1n) is 7.07. The van der Waals surface area contributed by atoms with Crippen LogP contribution in [-0.2, 0) is 11.2 Å². The molecule has 21 heavy (non-hydrogen) atoms. The van der Waals surface area contributed by atoms with Crippen LogP contribution in [0.15, 0.2) is 24.3 Å². The van der Waals surface area contributed by atoms with E-state index in [1.54, 1.807) is 17.0 Å². The predicted molar refractivity (Wildman–Crippen MR) is 73.7 cm³/mol. The summed E-state index contributed by atoms with van der Waals surface area (Å²) in [6.45, 7) is 0.925. The van der Waals surface area contributed by atoms with Crippen LogP contribution in [0.25, 0.3) is 0 Å². The van der Waals surface area contributed by atoms with Crippen LogP contribution in [0.3, 0.4) is 0 Å². The van der Waals surface area contributed by atoms with Gasteiger partial charge in [0.05, 0.1) is 13.0 Å². The van der Waals surface area contributed by atoms with Gasteiger partial charge < -0.3 is 5.32 Å². The minimum Gasteiger partial charge on any atom is -0.353 e. The number of carbonyl (C=O) groups excluding carboxylic acids is 1. The number of alkyl halides is 2. The lowest BCUT2D eigenvalue weighted by molar-refractivity contribution is -0.121. The number of likely N-dealkylation sites (tertiary alicyclic amines) is 1. The van der Waals surface area contributed by atoms with Crippen LogP contribution in [0.4, 0.5) is 13.2 Å². The van der Waals surface area contributed by atoms with Crippen molar-refractivity contribution >= 4 is 5.91 Å². The first-order valence-corrected chi connectivity index (χ1v) is 7.07. The fraction of sp³-hybridized carbons (Fsp3) is 0.533. The topological polar surface area (TPSA) is 32.3 Å². The number of rotatable bonds is 5. The molecule has 6 heteroatoms. The van der Waals surface area contributed by atoms with Crippen LogP contribution < -0.4 is 5.32 Å². The highest BCUT2D eigenvalue weighted by Gasteiger charge is 2.22. The van der Waals surface area contributed by atoms with Crippen LogP contribution in [0.1, 0.15) is 18.4 Å². The molecule has 1 fully saturated rings. The monoisotopic (exact) mass is 300 g/mol. The van der Waals surface area contributed by atoms with E-state index in [4.69, 9.17) is 0 Å². The molecule has 1 aliphatic rings. The van der Waals surface area contributed by atoms with Crippen molar-refractivity contribution in [3.8, 4) is 0 Å². The molecular formula is C15H19F3N2O. The van der Waals surface area contributed by atoms with Gasteiger partial charge in [0.15, 0.2) is 0 Å². The number of piperidine rings is 1. The smallest absolute Gasteiger partial charge is 0.251 e. The van der Waals surface area contributed by atoms with Gasteiger partial charge in [0.1, 0.15) is 5.82 Å². The Morgan fingerprint density at radius 2 is 2.05 bits per heavy atom. The van der Waals surface area contributed by atoms with E-state index < -0.39 is 6.43 Å². The standard InChI is InChI=1S/C15H19F3N2O/c16-12-3-1-2-11(8-12)9-15(21)19-13-4-6-20(7-5-13)10-14(17)18/h1-3,8,13-14H,4-7,9-10H2,(H,19,21). The Labute approximate surface area is 122 Å². The lowest BCUT2D eigenvalue weighted by Crippen LogP contribution is -2.46. The second-order valence-corrected chi connectivity index (χ2v) is 5.34. The van der Waals surface area contributed by atoms with Gasteiger partial charge in [0, 0.05) is 19.1 Å². The van der Waals surface area contributed by atoms with Gasteiger partial charge in [-0.05, 0) is 30.5 Å². The number of amides is 1. The van der Waals surface area contributed by atoms with E-state index in [9.17, 15) is 18.0 Å². The molecule has 0 atom stereocenters. The van der Waals surface area contributed by atoms with Crippen molar-refractivity contribution in [1.29, 1.82) is 0 Å². The molecule has 1 N–H and O–H groups in total. The fourth-order valence-electron chi connectivity index (χ4n) is 2.57. The van der Waals surface area contributed by atoms with Crippen molar-refractivity contribution in [3.05, 3.63) is 35.6 Å². The molecule has 116 valence electrons. The summed E-state index contributed by atoms with van der Waals surface area (Å²) in [5.74, 6) is -0.520. The maximum absolute atomic E-state index is 13.0. The second kappa shape index (κ2) is 7.45. The van der Waals surface area contributed by atoms with Gasteiger partial charge in [0.25, 0.3) is 6.43 Å². The zero-order valence-electron chi connectivity index (χ0n) is 11.7. The molecule has 2 rings (SSSR count). The Balaban J connectivity index is 1.74. The molecule has 1 aromatic rings. The number of hydrogen-bond acceptors (Lipinski definition) is 2. The number of halogens is 3. The molecular weight excluding hydrogens is 281 g/mol. The third-order valence-electron chi connectivity index (χ3n) is 3.60. The third-order valence-corrected chi connectivity index (χ3v) is 3.60. The molecule has 0 bridgehead atoms. The summed E-state index contributed by atoms with van der Waals surface area (Å²) in [5.41, 5.74) is 0.627. The zero-order chi connectivity index (χ0) is 15.2. The number of hydrogen-bond donors (Lipinski definition) is 1. The van der Waals surface area contributed by atoms with Crippen molar-refractivity contribution in [1.82, 2.24) is 10.2 Å². The summed E-state index contributed by atoms with van der Waals surface area (Å²) >= 11 is 0. The Kier molecular flexibility index (Phi) is 5.61. The van der Waals surface area contributed by atoms with Crippen LogP contribution in [0.2, 0.25) is 0 Å². The summed E-state index contributed by atoms with van der Waals surface area (Å²) in [6, 6.07) is 5.96. The Hall–Kier alpha value is -1.56. The average Bonchev–Trinajstić information content (AvgIpc) is 2.40. The van der Waals surface area contributed by atoms with Gasteiger partial charge in [-0.3, -0.25) is 9.69 Å². The zero-order valence-corrected chi connectivity index (χ0v) is 11.7. The molecule has 0 saturated carbocycles. The number of nitrogens with zero attached hydrogens (tertiary/aromatic N) is 1. The highest BCUT2D eigenvalue weighted by atomic mass is 19.3. The lowest BCUT2D eigenvalue weighted by Gasteiger charge is -2.32. The lowest BCUT2D eigenvalue weighted by atomic mass is 10.0. The van der Waals surface area contributed by atoms with E-state index in [0.717, 1.165) is 0 Å². The number of benzene rings is 1. The van der Waals surface area contributed by atoms with Crippen LogP contribution in [0, 0.1) is 5.82 Å². The van der Waals surface area contributed by atoms with Crippen LogP contribution >= 0.6 is 0 Å². The predicted octanol–water partition coefficient (Wildman–Crippen LogP) is 2.21. The molecule has 1 aliphatic heterocycles. The first kappa shape index (κ1) is 15.8. The molecule has 3 nitrogen and oxygen atoms in total. The average molecular weight is 300 g/mol. The SMILES string of the molecule is O=C(Cc1cccc(F)c1)NC1CCN(CC(F)F)CC1. The Morgan fingerprint density at radius 1 is 1.33 bits per heavy atom. The van der Waals surface area contributed by atoms with Gasteiger partial charge >= 0.3 is 0 Å². The van der Waals surface area contributed by atoms with Gasteiger partial charge in [-0.1, -0.05) is 12.1 Å². The van der Waals surface area contributed by atoms with Crippen molar-refractivity contribution in [2.24, 2.45) is 0 Å². The fourth-order valence-corrected chi connectivity index (χ4v) is 2.57. The Morgan fingerprint density at radius 3 is 2.67 bits per heavy atom. The van der Waals surface area contributed by atoms with E-state index in [1.165, 1.54) is 12.1 Å². The minimum atomic E-state index is -2.32. The first-order chi connectivity index (χ1) is 10.0. The molecule has 0 aliphatic carbocycles. The van der Waals surface area contributed by atoms with Gasteiger partial charge in [-0.25, -0.2) is 13.2 Å². The largest absolute Gasteiger partial charge is 0.353 e. The van der Waals surface area contributed by atoms with Gasteiger partial charge in [0.2, 0.25) is 5.91 Å². The Bertz CT molecular complexity index is 474. The van der Waals surface area contributed by atoms with Crippen molar-refractivity contribution in [3.63, 3.8) is 0 Å².